The minimum Gasteiger partial charge on any atom is -0.489 e. The molecule has 2 atom stereocenters. The Morgan fingerprint density at radius 2 is 1.86 bits per heavy atom. The van der Waals surface area contributed by atoms with Gasteiger partial charge in [0, 0.05) is 36.8 Å². The maximum absolute atomic E-state index is 13.7. The van der Waals surface area contributed by atoms with Gasteiger partial charge in [-0.1, -0.05) is 35.3 Å². The van der Waals surface area contributed by atoms with E-state index in [9.17, 15) is 22.0 Å². The monoisotopic (exact) mass is 673 g/mol. The minimum absolute atomic E-state index is 0.0254. The fourth-order valence-corrected chi connectivity index (χ4v) is 8.09. The van der Waals surface area contributed by atoms with Crippen LogP contribution in [0, 0.1) is 5.92 Å². The average molecular weight is 675 g/mol. The van der Waals surface area contributed by atoms with Gasteiger partial charge in [0.15, 0.2) is 16.9 Å². The molecule has 15 heteroatoms. The number of anilines is 1. The highest BCUT2D eigenvalue weighted by molar-refractivity contribution is 8.02. The summed E-state index contributed by atoms with van der Waals surface area (Å²) < 4.78 is 70.7. The molecule has 2 aliphatic rings. The molecule has 5 rings (SSSR count). The molecule has 1 aliphatic carbocycles. The molecule has 9 nitrogen and oxygen atoms in total. The molecular weight excluding hydrogens is 647 g/mol. The summed E-state index contributed by atoms with van der Waals surface area (Å²) in [6.45, 7) is -2.69. The summed E-state index contributed by atoms with van der Waals surface area (Å²) in [5, 5.41) is -0.751. The molecule has 1 saturated heterocycles. The van der Waals surface area contributed by atoms with Crippen molar-refractivity contribution in [1.82, 2.24) is 9.29 Å². The number of rotatable bonds is 12. The predicted molar refractivity (Wildman–Crippen MR) is 159 cm³/mol. The number of carbonyl (C=O) groups is 1. The van der Waals surface area contributed by atoms with E-state index in [1.54, 1.807) is 6.07 Å². The zero-order valence-electron chi connectivity index (χ0n) is 22.5. The maximum Gasteiger partial charge on any atom is 0.387 e. The Bertz CT molecular complexity index is 1580. The van der Waals surface area contributed by atoms with Crippen LogP contribution < -0.4 is 15.2 Å². The minimum atomic E-state index is -4.09. The number of esters is 1. The molecule has 43 heavy (non-hydrogen) atoms. The average Bonchev–Trinajstić information content (AvgIpc) is 3.65. The molecular formula is C28H27Cl2F2N3O6S2. The Kier molecular flexibility index (Phi) is 9.86. The number of carbonyl (C=O) groups excluding carboxylic acids is 1. The summed E-state index contributed by atoms with van der Waals surface area (Å²) in [5.41, 5.74) is 6.86. The van der Waals surface area contributed by atoms with Crippen LogP contribution in [-0.2, 0) is 26.0 Å². The van der Waals surface area contributed by atoms with Gasteiger partial charge in [-0.25, -0.2) is 13.2 Å². The first-order valence-electron chi connectivity index (χ1n) is 13.2. The van der Waals surface area contributed by atoms with Gasteiger partial charge in [0.2, 0.25) is 10.0 Å². The van der Waals surface area contributed by atoms with Crippen LogP contribution in [0.4, 0.5) is 14.5 Å². The normalized spacial score (nSPS) is 18.0. The van der Waals surface area contributed by atoms with Crippen LogP contribution in [0.15, 0.2) is 59.8 Å². The lowest BCUT2D eigenvalue weighted by Crippen LogP contribution is -2.40. The van der Waals surface area contributed by atoms with Crippen LogP contribution in [0.3, 0.4) is 0 Å². The van der Waals surface area contributed by atoms with Crippen LogP contribution in [-0.4, -0.2) is 54.6 Å². The molecule has 0 unspecified atom stereocenters. The number of nitrogens with two attached hydrogens (primary N) is 1. The van der Waals surface area contributed by atoms with E-state index in [4.69, 9.17) is 38.4 Å². The zero-order chi connectivity index (χ0) is 30.7. The van der Waals surface area contributed by atoms with Gasteiger partial charge in [0.1, 0.15) is 6.10 Å². The van der Waals surface area contributed by atoms with Gasteiger partial charge in [-0.05, 0) is 60.2 Å². The molecule has 2 N–H and O–H groups in total. The SMILES string of the molecule is Nc1cccc(S(=O)(=O)N2CCS[C@H]2C(=O)O[C@@H](Cc2c(Cl)cncc2Cl)c2ccc(OC(F)F)c(OCC3CC3)c2)c1. The van der Waals surface area contributed by atoms with Crippen molar-refractivity contribution in [3.8, 4) is 11.5 Å². The highest BCUT2D eigenvalue weighted by Gasteiger charge is 2.42. The van der Waals surface area contributed by atoms with E-state index in [1.807, 2.05) is 0 Å². The summed E-state index contributed by atoms with van der Waals surface area (Å²) in [6.07, 6.45) is 3.63. The second-order valence-electron chi connectivity index (χ2n) is 9.96. The first kappa shape index (κ1) is 31.6. The molecule has 2 fully saturated rings. The van der Waals surface area contributed by atoms with Gasteiger partial charge in [-0.2, -0.15) is 13.1 Å². The number of nitrogens with zero attached hydrogens (tertiary/aromatic N) is 2. The third-order valence-corrected chi connectivity index (χ3v) is 10.7. The van der Waals surface area contributed by atoms with E-state index in [0.29, 0.717) is 29.4 Å². The Hall–Kier alpha value is -2.84. The lowest BCUT2D eigenvalue weighted by atomic mass is 10.0. The van der Waals surface area contributed by atoms with Gasteiger partial charge in [0.25, 0.3) is 0 Å². The quantitative estimate of drug-likeness (QED) is 0.184. The van der Waals surface area contributed by atoms with Crippen molar-refractivity contribution >= 4 is 56.6 Å². The Labute approximate surface area is 261 Å². The number of halogens is 4. The summed E-state index contributed by atoms with van der Waals surface area (Å²) in [4.78, 5) is 17.6. The van der Waals surface area contributed by atoms with Crippen molar-refractivity contribution < 1.29 is 36.2 Å². The molecule has 1 saturated carbocycles. The summed E-state index contributed by atoms with van der Waals surface area (Å²) in [6, 6.07) is 10.0. The second kappa shape index (κ2) is 13.4. The Balaban J connectivity index is 1.46. The van der Waals surface area contributed by atoms with Crippen LogP contribution in [0.25, 0.3) is 0 Å². The molecule has 0 amide bonds. The van der Waals surface area contributed by atoms with Gasteiger partial charge in [0.05, 0.1) is 21.5 Å². The number of nitrogen functional groups attached to an aromatic ring is 1. The largest absolute Gasteiger partial charge is 0.489 e. The van der Waals surface area contributed by atoms with E-state index in [-0.39, 0.29) is 45.1 Å². The fourth-order valence-electron chi connectivity index (χ4n) is 4.46. The van der Waals surface area contributed by atoms with Crippen LogP contribution in [0.1, 0.15) is 30.1 Å². The number of aromatic nitrogens is 1. The molecule has 0 spiro atoms. The van der Waals surface area contributed by atoms with Crippen molar-refractivity contribution in [1.29, 1.82) is 0 Å². The molecule has 1 aromatic heterocycles. The van der Waals surface area contributed by atoms with E-state index in [2.05, 4.69) is 9.72 Å². The van der Waals surface area contributed by atoms with E-state index < -0.39 is 34.1 Å². The summed E-state index contributed by atoms with van der Waals surface area (Å²) >= 11 is 13.9. The smallest absolute Gasteiger partial charge is 0.387 e. The zero-order valence-corrected chi connectivity index (χ0v) is 25.6. The highest BCUT2D eigenvalue weighted by atomic mass is 35.5. The van der Waals surface area contributed by atoms with Crippen LogP contribution in [0.2, 0.25) is 10.0 Å². The van der Waals surface area contributed by atoms with Crippen LogP contribution in [0.5, 0.6) is 11.5 Å². The topological polar surface area (TPSA) is 121 Å². The number of thioether (sulfide) groups is 1. The van der Waals surface area contributed by atoms with E-state index in [1.165, 1.54) is 48.8 Å². The first-order chi connectivity index (χ1) is 20.5. The highest BCUT2D eigenvalue weighted by Crippen LogP contribution is 2.39. The number of pyridine rings is 1. The molecule has 0 radical (unpaired) electrons. The molecule has 0 bridgehead atoms. The molecule has 2 heterocycles. The molecule has 1 aliphatic heterocycles. The Morgan fingerprint density at radius 1 is 1.12 bits per heavy atom. The van der Waals surface area contributed by atoms with Gasteiger partial charge < -0.3 is 19.9 Å². The first-order valence-corrected chi connectivity index (χ1v) is 16.5. The van der Waals surface area contributed by atoms with Gasteiger partial charge in [-0.15, -0.1) is 11.8 Å². The van der Waals surface area contributed by atoms with Gasteiger partial charge in [-0.3, -0.25) is 4.98 Å². The number of alkyl halides is 2. The molecule has 3 aromatic rings. The summed E-state index contributed by atoms with van der Waals surface area (Å²) in [5.74, 6) is -0.269. The standard InChI is InChI=1S/C28H27Cl2F2N3O6S2/c29-21-13-34-14-22(30)20(21)12-24(17-6-7-23(41-28(31)32)25(10-17)39-15-16-4-5-16)40-27(36)26-35(8-9-42-26)43(37,38)19-3-1-2-18(33)11-19/h1-3,6-7,10-11,13-14,16,24,26,28H,4-5,8-9,12,15,33H2/t24-,26-/m0/s1. The summed E-state index contributed by atoms with van der Waals surface area (Å²) in [7, 11) is -4.09. The van der Waals surface area contributed by atoms with E-state index in [0.717, 1.165) is 28.9 Å². The third kappa shape index (κ3) is 7.63. The van der Waals surface area contributed by atoms with Crippen LogP contribution >= 0.6 is 35.0 Å². The van der Waals surface area contributed by atoms with Crippen molar-refractivity contribution in [3.63, 3.8) is 0 Å². The van der Waals surface area contributed by atoms with Crippen molar-refractivity contribution in [2.75, 3.05) is 24.6 Å². The molecule has 230 valence electrons. The number of ether oxygens (including phenoxy) is 3. The van der Waals surface area contributed by atoms with Crippen molar-refractivity contribution in [2.45, 2.75) is 42.2 Å². The fraction of sp³-hybridized carbons (Fsp3) is 0.357. The van der Waals surface area contributed by atoms with Crippen molar-refractivity contribution in [2.24, 2.45) is 5.92 Å². The lowest BCUT2D eigenvalue weighted by molar-refractivity contribution is -0.150. The lowest BCUT2D eigenvalue weighted by Gasteiger charge is -2.26. The second-order valence-corrected chi connectivity index (χ2v) is 13.9. The van der Waals surface area contributed by atoms with Gasteiger partial charge >= 0.3 is 12.6 Å². The maximum atomic E-state index is 13.7. The number of sulfonamides is 1. The van der Waals surface area contributed by atoms with E-state index >= 15 is 0 Å². The van der Waals surface area contributed by atoms with Crippen molar-refractivity contribution in [3.05, 3.63) is 76.0 Å². The number of hydrogen-bond donors (Lipinski definition) is 1. The number of hydrogen-bond acceptors (Lipinski definition) is 9. The molecule has 2 aromatic carbocycles. The predicted octanol–water partition coefficient (Wildman–Crippen LogP) is 5.95. The Morgan fingerprint density at radius 3 is 2.53 bits per heavy atom. The number of benzene rings is 2. The third-order valence-electron chi connectivity index (χ3n) is 6.84.